The van der Waals surface area contributed by atoms with Crippen LogP contribution in [-0.2, 0) is 24.4 Å². The van der Waals surface area contributed by atoms with E-state index in [1.165, 1.54) is 36.0 Å². The minimum Gasteiger partial charge on any atom is -0.406 e. The van der Waals surface area contributed by atoms with Crippen molar-refractivity contribution in [2.24, 2.45) is 5.92 Å². The van der Waals surface area contributed by atoms with Crippen LogP contribution in [0.2, 0.25) is 0 Å². The number of aromatic nitrogens is 6. The molecule has 1 fully saturated rings. The number of unbranched alkanes of at least 4 members (excludes halogenated alkanes) is 1. The van der Waals surface area contributed by atoms with Crippen molar-refractivity contribution >= 4 is 17.7 Å². The standard InChI is InChI=1S/C24H28F3N9O4/c1-16(37)34-12-18(13-34)11-29-23(39)21-15-36(33-31-21)8-3-2-7-35-14-20(30-32-35)22(38)28-10-17-5-4-6-19(9-17)40-24(25,26)27/h4-6,9,14-15,18H,2-3,7-8,10-13H2,1H3,(H,28,38)(H,29,39). The largest absolute Gasteiger partial charge is 0.573 e. The Labute approximate surface area is 226 Å². The van der Waals surface area contributed by atoms with Crippen LogP contribution in [0, 0.1) is 5.92 Å². The number of amides is 3. The van der Waals surface area contributed by atoms with Gasteiger partial charge in [-0.3, -0.25) is 23.7 Å². The third-order valence-electron chi connectivity index (χ3n) is 6.11. The van der Waals surface area contributed by atoms with Gasteiger partial charge in [0.05, 0.1) is 12.4 Å². The number of ether oxygens (including phenoxy) is 1. The molecule has 1 aliphatic rings. The van der Waals surface area contributed by atoms with Crippen molar-refractivity contribution in [3.63, 3.8) is 0 Å². The molecule has 3 amide bonds. The summed E-state index contributed by atoms with van der Waals surface area (Å²) in [5.41, 5.74) is 0.718. The second kappa shape index (κ2) is 12.6. The van der Waals surface area contributed by atoms with Crippen molar-refractivity contribution < 1.29 is 32.3 Å². The summed E-state index contributed by atoms with van der Waals surface area (Å²) in [5, 5.41) is 21.1. The lowest BCUT2D eigenvalue weighted by molar-refractivity contribution is -0.274. The summed E-state index contributed by atoms with van der Waals surface area (Å²) >= 11 is 0. The fourth-order valence-corrected chi connectivity index (χ4v) is 3.98. The van der Waals surface area contributed by atoms with Gasteiger partial charge in [0.2, 0.25) is 5.91 Å². The predicted octanol–water partition coefficient (Wildman–Crippen LogP) is 1.39. The van der Waals surface area contributed by atoms with Crippen LogP contribution in [-0.4, -0.2) is 78.6 Å². The van der Waals surface area contributed by atoms with Crippen LogP contribution in [0.15, 0.2) is 36.7 Å². The molecule has 2 N–H and O–H groups in total. The van der Waals surface area contributed by atoms with Gasteiger partial charge < -0.3 is 20.3 Å². The molecule has 16 heteroatoms. The molecule has 13 nitrogen and oxygen atoms in total. The molecule has 1 aliphatic heterocycles. The van der Waals surface area contributed by atoms with Gasteiger partial charge >= 0.3 is 6.36 Å². The van der Waals surface area contributed by atoms with Crippen molar-refractivity contribution in [2.75, 3.05) is 19.6 Å². The van der Waals surface area contributed by atoms with Gasteiger partial charge in [-0.05, 0) is 30.5 Å². The van der Waals surface area contributed by atoms with E-state index in [9.17, 15) is 27.6 Å². The summed E-state index contributed by atoms with van der Waals surface area (Å²) in [6, 6.07) is 5.32. The van der Waals surface area contributed by atoms with Gasteiger partial charge in [-0.1, -0.05) is 22.6 Å². The van der Waals surface area contributed by atoms with Crippen LogP contribution in [0.3, 0.4) is 0 Å². The Morgan fingerprint density at radius 3 is 2.15 bits per heavy atom. The lowest BCUT2D eigenvalue weighted by Gasteiger charge is -2.38. The van der Waals surface area contributed by atoms with Crippen molar-refractivity contribution in [2.45, 2.75) is 45.8 Å². The van der Waals surface area contributed by atoms with Crippen molar-refractivity contribution in [1.29, 1.82) is 0 Å². The van der Waals surface area contributed by atoms with Crippen LogP contribution < -0.4 is 15.4 Å². The number of carbonyl (C=O) groups is 3. The third-order valence-corrected chi connectivity index (χ3v) is 6.11. The maximum atomic E-state index is 12.4. The second-order valence-electron chi connectivity index (χ2n) is 9.32. The molecule has 0 aliphatic carbocycles. The molecule has 0 atom stereocenters. The highest BCUT2D eigenvalue weighted by Gasteiger charge is 2.31. The molecule has 0 bridgehead atoms. The predicted molar refractivity (Wildman–Crippen MR) is 132 cm³/mol. The van der Waals surface area contributed by atoms with Crippen LogP contribution in [0.25, 0.3) is 0 Å². The molecular formula is C24H28F3N9O4. The first-order valence-electron chi connectivity index (χ1n) is 12.5. The van der Waals surface area contributed by atoms with E-state index in [1.807, 2.05) is 0 Å². The Kier molecular flexibility index (Phi) is 8.96. The number of hydrogen-bond acceptors (Lipinski definition) is 8. The molecular weight excluding hydrogens is 535 g/mol. The number of rotatable bonds is 12. The van der Waals surface area contributed by atoms with E-state index < -0.39 is 12.3 Å². The molecule has 40 heavy (non-hydrogen) atoms. The molecule has 0 saturated carbocycles. The van der Waals surface area contributed by atoms with Gasteiger partial charge in [0.25, 0.3) is 11.8 Å². The maximum absolute atomic E-state index is 12.4. The number of nitrogens with zero attached hydrogens (tertiary/aromatic N) is 7. The van der Waals surface area contributed by atoms with E-state index in [4.69, 9.17) is 0 Å². The van der Waals surface area contributed by atoms with Crippen molar-refractivity contribution in [3.05, 3.63) is 53.6 Å². The number of benzene rings is 1. The normalized spacial score (nSPS) is 13.6. The number of halogens is 3. The van der Waals surface area contributed by atoms with E-state index in [2.05, 4.69) is 36.0 Å². The molecule has 0 unspecified atom stereocenters. The van der Waals surface area contributed by atoms with Gasteiger partial charge in [0.15, 0.2) is 11.4 Å². The monoisotopic (exact) mass is 563 g/mol. The number of likely N-dealkylation sites (tertiary alicyclic amines) is 1. The Bertz CT molecular complexity index is 1330. The van der Waals surface area contributed by atoms with E-state index in [0.717, 1.165) is 0 Å². The molecule has 1 saturated heterocycles. The number of hydrogen-bond donors (Lipinski definition) is 2. The SMILES string of the molecule is CC(=O)N1CC(CNC(=O)c2cn(CCCCn3cc(C(=O)NCc4cccc(OC(F)(F)F)c4)nn3)nn2)C1. The first-order chi connectivity index (χ1) is 19.1. The van der Waals surface area contributed by atoms with Crippen molar-refractivity contribution in [1.82, 2.24) is 45.5 Å². The molecule has 214 valence electrons. The minimum absolute atomic E-state index is 0.0162. The van der Waals surface area contributed by atoms with Gasteiger partial charge in [0.1, 0.15) is 5.75 Å². The molecule has 4 rings (SSSR count). The number of carbonyl (C=O) groups excluding carboxylic acids is 3. The van der Waals surface area contributed by atoms with Crippen LogP contribution >= 0.6 is 0 Å². The third kappa shape index (κ3) is 8.25. The summed E-state index contributed by atoms with van der Waals surface area (Å²) in [5.74, 6) is -0.937. The molecule has 0 radical (unpaired) electrons. The van der Waals surface area contributed by atoms with Gasteiger partial charge in [-0.25, -0.2) is 0 Å². The first kappa shape index (κ1) is 28.5. The van der Waals surface area contributed by atoms with Crippen LogP contribution in [0.5, 0.6) is 5.75 Å². The Morgan fingerprint density at radius 1 is 0.975 bits per heavy atom. The lowest BCUT2D eigenvalue weighted by Crippen LogP contribution is -2.53. The fourth-order valence-electron chi connectivity index (χ4n) is 3.98. The topological polar surface area (TPSA) is 149 Å². The average Bonchev–Trinajstić information content (AvgIpc) is 3.53. The summed E-state index contributed by atoms with van der Waals surface area (Å²) < 4.78 is 44.1. The van der Waals surface area contributed by atoms with Gasteiger partial charge in [-0.15, -0.1) is 23.4 Å². The smallest absolute Gasteiger partial charge is 0.406 e. The summed E-state index contributed by atoms with van der Waals surface area (Å²) in [7, 11) is 0. The van der Waals surface area contributed by atoms with E-state index in [1.54, 1.807) is 21.8 Å². The van der Waals surface area contributed by atoms with Crippen LogP contribution in [0.4, 0.5) is 13.2 Å². The number of nitrogens with one attached hydrogen (secondary N) is 2. The van der Waals surface area contributed by atoms with Crippen LogP contribution in [0.1, 0.15) is 46.3 Å². The second-order valence-corrected chi connectivity index (χ2v) is 9.32. The molecule has 1 aromatic carbocycles. The summed E-state index contributed by atoms with van der Waals surface area (Å²) in [4.78, 5) is 37.6. The zero-order valence-corrected chi connectivity index (χ0v) is 21.6. The van der Waals surface area contributed by atoms with Gasteiger partial charge in [-0.2, -0.15) is 0 Å². The van der Waals surface area contributed by atoms with Crippen molar-refractivity contribution in [3.8, 4) is 5.75 Å². The van der Waals surface area contributed by atoms with Gasteiger partial charge in [0, 0.05) is 52.1 Å². The first-order valence-corrected chi connectivity index (χ1v) is 12.5. The zero-order chi connectivity index (χ0) is 28.7. The summed E-state index contributed by atoms with van der Waals surface area (Å²) in [6.07, 6.45) is -0.362. The number of alkyl halides is 3. The lowest BCUT2D eigenvalue weighted by atomic mass is 10.0. The highest BCUT2D eigenvalue weighted by atomic mass is 19.4. The minimum atomic E-state index is -4.80. The molecule has 0 spiro atoms. The Balaban J connectivity index is 1.14. The highest BCUT2D eigenvalue weighted by Crippen LogP contribution is 2.23. The quantitative estimate of drug-likeness (QED) is 0.314. The Hall–Kier alpha value is -4.50. The van der Waals surface area contributed by atoms with E-state index in [0.29, 0.717) is 51.1 Å². The average molecular weight is 564 g/mol. The summed E-state index contributed by atoms with van der Waals surface area (Å²) in [6.45, 7) is 4.26. The maximum Gasteiger partial charge on any atom is 0.573 e. The Morgan fingerprint density at radius 2 is 1.57 bits per heavy atom. The molecule has 2 aromatic heterocycles. The highest BCUT2D eigenvalue weighted by molar-refractivity contribution is 5.92. The zero-order valence-electron chi connectivity index (χ0n) is 21.6. The molecule has 3 aromatic rings. The van der Waals surface area contributed by atoms with E-state index in [-0.39, 0.29) is 41.4 Å². The fraction of sp³-hybridized carbons (Fsp3) is 0.458. The molecule has 3 heterocycles. The van der Waals surface area contributed by atoms with E-state index >= 15 is 0 Å². The number of aryl methyl sites for hydroxylation is 2.